The molecule has 0 aliphatic rings. The molecule has 0 fully saturated rings. The fraction of sp³-hybridized carbons (Fsp3) is 0.200. The molecule has 8 amide bonds. The second-order valence-corrected chi connectivity index (χ2v) is 17.7. The third-order valence-corrected chi connectivity index (χ3v) is 11.7. The van der Waals surface area contributed by atoms with Gasteiger partial charge in [-0.2, -0.15) is 0 Å². The molecule has 14 N–H and O–H groups in total. The molecular weight excluding hydrogens is 981 g/mol. The minimum Gasteiger partial charge on any atom is -0.388 e. The van der Waals surface area contributed by atoms with Gasteiger partial charge in [-0.3, -0.25) is 49.2 Å². The number of aromatic nitrogens is 6. The van der Waals surface area contributed by atoms with Gasteiger partial charge in [0.05, 0.1) is 45.8 Å². The number of hydrogen-bond acceptors (Lipinski definition) is 10. The van der Waals surface area contributed by atoms with Crippen LogP contribution in [-0.4, -0.2) is 99.4 Å². The second-order valence-electron chi connectivity index (χ2n) is 17.7. The van der Waals surface area contributed by atoms with Crippen molar-refractivity contribution in [2.75, 3.05) is 45.0 Å². The molecule has 0 radical (unpaired) electrons. The van der Waals surface area contributed by atoms with Gasteiger partial charge in [0.1, 0.15) is 34.2 Å². The Kier molecular flexibility index (Phi) is 15.9. The Bertz CT molecular complexity index is 3260. The first-order valence-electron chi connectivity index (χ1n) is 23.2. The van der Waals surface area contributed by atoms with Crippen molar-refractivity contribution in [3.05, 3.63) is 143 Å². The van der Waals surface area contributed by atoms with Crippen LogP contribution in [0.15, 0.2) is 97.8 Å². The van der Waals surface area contributed by atoms with E-state index in [1.165, 1.54) is 91.3 Å². The molecule has 0 bridgehead atoms. The van der Waals surface area contributed by atoms with Crippen LogP contribution in [0.1, 0.15) is 96.5 Å². The van der Waals surface area contributed by atoms with E-state index < -0.39 is 47.3 Å². The summed E-state index contributed by atoms with van der Waals surface area (Å²) in [6.45, 7) is 0.370. The van der Waals surface area contributed by atoms with Crippen LogP contribution in [-0.2, 0) is 42.3 Å². The molecule has 7 aromatic rings. The third-order valence-electron chi connectivity index (χ3n) is 11.7. The summed E-state index contributed by atoms with van der Waals surface area (Å²) in [7, 11) is 9.78. The van der Waals surface area contributed by atoms with Crippen LogP contribution in [0.4, 0.5) is 34.1 Å². The molecule has 26 heteroatoms. The van der Waals surface area contributed by atoms with Crippen LogP contribution in [0.3, 0.4) is 0 Å². The Balaban J connectivity index is 0.912. The van der Waals surface area contributed by atoms with Gasteiger partial charge in [0, 0.05) is 117 Å². The van der Waals surface area contributed by atoms with E-state index in [0.29, 0.717) is 22.7 Å². The van der Waals surface area contributed by atoms with Crippen molar-refractivity contribution >= 4 is 93.1 Å². The molecule has 76 heavy (non-hydrogen) atoms. The van der Waals surface area contributed by atoms with Gasteiger partial charge < -0.3 is 81.4 Å². The molecule has 0 atom stereocenters. The average molecular weight is 1040 g/mol. The Morgan fingerprint density at radius 1 is 0.368 bits per heavy atom. The lowest BCUT2D eigenvalue weighted by molar-refractivity contribution is 0.0938. The lowest BCUT2D eigenvalue weighted by atomic mass is 10.1. The topological polar surface area (TPSA) is 362 Å². The number of anilines is 6. The molecular formula is C50H56N18O8. The van der Waals surface area contributed by atoms with Gasteiger partial charge in [-0.25, -0.2) is 0 Å². The van der Waals surface area contributed by atoms with Crippen LogP contribution in [0, 0.1) is 10.8 Å². The maximum absolute atomic E-state index is 13.5. The first-order chi connectivity index (χ1) is 36.0. The Morgan fingerprint density at radius 3 is 0.829 bits per heavy atom. The number of benzene rings is 1. The second kappa shape index (κ2) is 22.6. The molecule has 1 aromatic carbocycles. The van der Waals surface area contributed by atoms with Gasteiger partial charge >= 0.3 is 0 Å². The molecule has 394 valence electrons. The average Bonchev–Trinajstić information content (AvgIpc) is 4.22. The fourth-order valence-electron chi connectivity index (χ4n) is 7.94. The van der Waals surface area contributed by atoms with E-state index in [2.05, 4.69) is 42.5 Å². The zero-order valence-corrected chi connectivity index (χ0v) is 42.2. The molecule has 0 unspecified atom stereocenters. The molecule has 6 aromatic heterocycles. The summed E-state index contributed by atoms with van der Waals surface area (Å²) in [4.78, 5) is 105. The summed E-state index contributed by atoms with van der Waals surface area (Å²) >= 11 is 0. The molecule has 6 heterocycles. The molecule has 0 aliphatic carbocycles. The van der Waals surface area contributed by atoms with E-state index in [-0.39, 0.29) is 94.3 Å². The van der Waals surface area contributed by atoms with Crippen molar-refractivity contribution in [3.8, 4) is 0 Å². The molecule has 26 nitrogen and oxygen atoms in total. The van der Waals surface area contributed by atoms with Gasteiger partial charge in [-0.1, -0.05) is 6.07 Å². The van der Waals surface area contributed by atoms with Gasteiger partial charge in [-0.15, -0.1) is 0 Å². The van der Waals surface area contributed by atoms with Crippen LogP contribution in [0.2, 0.25) is 0 Å². The predicted molar refractivity (Wildman–Crippen MR) is 284 cm³/mol. The number of amidine groups is 2. The first-order valence-corrected chi connectivity index (χ1v) is 23.2. The third kappa shape index (κ3) is 12.8. The number of hydrogen-bond donors (Lipinski definition) is 12. The predicted octanol–water partition coefficient (Wildman–Crippen LogP) is 3.34. The van der Waals surface area contributed by atoms with Crippen molar-refractivity contribution in [1.29, 1.82) is 10.8 Å². The summed E-state index contributed by atoms with van der Waals surface area (Å²) in [5, 5.41) is 36.5. The van der Waals surface area contributed by atoms with E-state index in [0.717, 1.165) is 0 Å². The van der Waals surface area contributed by atoms with Gasteiger partial charge in [-0.05, 0) is 54.6 Å². The standard InChI is InChI=1S/C50H56N18O8/c1-63-23-31(15-35(63)45(71)55-12-10-41(51)52)59-49(75)39-19-33(25-67(39)5)61-47(73)37-17-29(21-65(37)3)57-43(69)27-8-7-9-28(14-27)44(70)58-30-18-38(66(4)22-30)48(74)62-34-20-40(68(6)26-34)50(76)60-32-16-36(64(2)24-32)46(72)56-13-11-42(53)54/h7-9,14-26H,10-13H2,1-6H3,(H3,51,52)(H3,53,54)(H,55,71)(H,56,72)(H,57,69)(H,58,70)(H,59,75)(H,60,76)(H,61,73)(H,62,74). The van der Waals surface area contributed by atoms with Gasteiger partial charge in [0.2, 0.25) is 0 Å². The van der Waals surface area contributed by atoms with Crippen molar-refractivity contribution < 1.29 is 38.4 Å². The highest BCUT2D eigenvalue weighted by atomic mass is 16.2. The number of amides is 8. The highest BCUT2D eigenvalue weighted by molar-refractivity contribution is 6.12. The van der Waals surface area contributed by atoms with Crippen LogP contribution >= 0.6 is 0 Å². The highest BCUT2D eigenvalue weighted by Gasteiger charge is 2.22. The summed E-state index contributed by atoms with van der Waals surface area (Å²) in [5.41, 5.74) is 14.2. The number of nitrogens with two attached hydrogens (primary N) is 2. The maximum atomic E-state index is 13.5. The zero-order chi connectivity index (χ0) is 55.1. The molecule has 0 saturated carbocycles. The number of nitrogens with zero attached hydrogens (tertiary/aromatic N) is 6. The maximum Gasteiger partial charge on any atom is 0.272 e. The fourth-order valence-corrected chi connectivity index (χ4v) is 7.94. The minimum atomic E-state index is -0.567. The van der Waals surface area contributed by atoms with E-state index in [1.54, 1.807) is 76.2 Å². The Labute approximate surface area is 433 Å². The van der Waals surface area contributed by atoms with Crippen LogP contribution in [0.5, 0.6) is 0 Å². The molecule has 0 spiro atoms. The zero-order valence-electron chi connectivity index (χ0n) is 42.2. The van der Waals surface area contributed by atoms with Crippen LogP contribution in [0.25, 0.3) is 0 Å². The Hall–Kier alpha value is -10.4. The summed E-state index contributed by atoms with van der Waals surface area (Å²) < 4.78 is 9.15. The van der Waals surface area contributed by atoms with Crippen molar-refractivity contribution in [2.45, 2.75) is 12.8 Å². The quantitative estimate of drug-likeness (QED) is 0.0390. The van der Waals surface area contributed by atoms with Crippen molar-refractivity contribution in [1.82, 2.24) is 38.0 Å². The summed E-state index contributed by atoms with van der Waals surface area (Å²) in [6, 6.07) is 14.9. The number of carbonyl (C=O) groups is 8. The normalized spacial score (nSPS) is 10.8. The number of carbonyl (C=O) groups excluding carboxylic acids is 8. The SMILES string of the molecule is Cn1cc(NC(=O)c2cc(NC(=O)c3cc(NC(=O)c4cccc(C(=O)Nc5cc(C(=O)Nc6cc(C(=O)Nc7cc(C(=O)NCCC(=N)N)n(C)c7)n(C)c6)n(C)c5)c4)cn3C)cn2C)cc1C(=O)NCCC(=N)N. The van der Waals surface area contributed by atoms with Gasteiger partial charge in [0.15, 0.2) is 0 Å². The lowest BCUT2D eigenvalue weighted by Gasteiger charge is -2.06. The smallest absolute Gasteiger partial charge is 0.272 e. The molecule has 0 saturated heterocycles. The van der Waals surface area contributed by atoms with Crippen molar-refractivity contribution in [3.63, 3.8) is 0 Å². The largest absolute Gasteiger partial charge is 0.388 e. The van der Waals surface area contributed by atoms with Crippen LogP contribution < -0.4 is 54.0 Å². The molecule has 7 rings (SSSR count). The van der Waals surface area contributed by atoms with Crippen molar-refractivity contribution in [2.24, 2.45) is 53.8 Å². The lowest BCUT2D eigenvalue weighted by Crippen LogP contribution is -2.28. The number of aryl methyl sites for hydroxylation is 6. The number of nitrogens with one attached hydrogen (secondary N) is 10. The van der Waals surface area contributed by atoms with E-state index in [9.17, 15) is 38.4 Å². The highest BCUT2D eigenvalue weighted by Crippen LogP contribution is 2.23. The monoisotopic (exact) mass is 1040 g/mol. The van der Waals surface area contributed by atoms with E-state index in [1.807, 2.05) is 0 Å². The van der Waals surface area contributed by atoms with E-state index >= 15 is 0 Å². The number of rotatable bonds is 20. The Morgan fingerprint density at radius 2 is 0.592 bits per heavy atom. The first kappa shape index (κ1) is 53.4. The van der Waals surface area contributed by atoms with Gasteiger partial charge in [0.25, 0.3) is 47.3 Å². The minimum absolute atomic E-state index is 0.0557. The summed E-state index contributed by atoms with van der Waals surface area (Å²) in [6.07, 6.45) is 9.72. The summed E-state index contributed by atoms with van der Waals surface area (Å²) in [5.74, 6) is -4.12. The van der Waals surface area contributed by atoms with E-state index in [4.69, 9.17) is 22.3 Å². The molecule has 0 aliphatic heterocycles.